The summed E-state index contributed by atoms with van der Waals surface area (Å²) in [6.07, 6.45) is 0.931. The third-order valence-electron chi connectivity index (χ3n) is 11.5. The molecule has 4 unspecified atom stereocenters. The van der Waals surface area contributed by atoms with Gasteiger partial charge in [0.25, 0.3) is 0 Å². The Bertz CT molecular complexity index is 2930. The number of nitrogens with zero attached hydrogens (tertiary/aromatic N) is 2. The van der Waals surface area contributed by atoms with Gasteiger partial charge in [-0.2, -0.15) is 0 Å². The van der Waals surface area contributed by atoms with Crippen LogP contribution in [0, 0.1) is 13.8 Å². The van der Waals surface area contributed by atoms with Crippen molar-refractivity contribution in [3.8, 4) is 0 Å². The molecule has 0 spiro atoms. The first-order chi connectivity index (χ1) is 29.1. The van der Waals surface area contributed by atoms with Crippen LogP contribution in [-0.2, 0) is 50.2 Å². The summed E-state index contributed by atoms with van der Waals surface area (Å²) in [7, 11) is -25.4. The fourth-order valence-corrected chi connectivity index (χ4v) is 13.5. The molecule has 0 radical (unpaired) electrons. The van der Waals surface area contributed by atoms with E-state index in [1.54, 1.807) is 0 Å². The van der Waals surface area contributed by atoms with Crippen LogP contribution in [0.15, 0.2) is 137 Å². The minimum atomic E-state index is -6.71. The fraction of sp³-hybridized carbons (Fsp3) is 0.209. The molecule has 0 heterocycles. The van der Waals surface area contributed by atoms with Gasteiger partial charge in [0.1, 0.15) is 20.2 Å². The van der Waals surface area contributed by atoms with E-state index in [1.165, 1.54) is 42.7 Å². The van der Waals surface area contributed by atoms with Crippen molar-refractivity contribution in [2.45, 2.75) is 54.6 Å². The Labute approximate surface area is 478 Å². The molecule has 0 aliphatic heterocycles. The number of hydrogen-bond donors (Lipinski definition) is 2. The molecular formula is C43H38N2Na4O14S4. The maximum atomic E-state index is 13.5. The van der Waals surface area contributed by atoms with Gasteiger partial charge in [-0.3, -0.25) is 4.70 Å². The SMILES string of the molecule is Cc1cccc2c1C=C(S(=O)(=O)[O-])C(C)(O)C2([N+](=[N-])C1(S(=O)(=O)[O-])c2cccc(C)c2C=C(S(=O)(=O)[O-])C1(C)O)S(=O)(=O)[O-].[Na+].[Na+].[Na+].[Na+].c1ccc(C(c2ccccc2)c2ccccc2)cc1. The molecule has 5 aromatic rings. The number of aliphatic hydroxyl groups is 2. The Morgan fingerprint density at radius 1 is 0.478 bits per heavy atom. The Morgan fingerprint density at radius 2 is 0.746 bits per heavy atom. The van der Waals surface area contributed by atoms with Gasteiger partial charge in [-0.25, -0.2) is 33.7 Å². The second kappa shape index (κ2) is 22.2. The van der Waals surface area contributed by atoms with Crippen molar-refractivity contribution >= 4 is 52.6 Å². The van der Waals surface area contributed by atoms with Gasteiger partial charge >= 0.3 is 128 Å². The molecule has 4 atom stereocenters. The quantitative estimate of drug-likeness (QED) is 0.0456. The van der Waals surface area contributed by atoms with E-state index in [0.717, 1.165) is 12.1 Å². The summed E-state index contributed by atoms with van der Waals surface area (Å²) in [5.41, 5.74) is 4.49. The topological polar surface area (TPSA) is 295 Å². The third kappa shape index (κ3) is 10.6. The van der Waals surface area contributed by atoms with E-state index in [0.29, 0.717) is 30.2 Å². The Morgan fingerprint density at radius 3 is 0.985 bits per heavy atom. The largest absolute Gasteiger partial charge is 1.00 e. The summed E-state index contributed by atoms with van der Waals surface area (Å²) >= 11 is 0. The van der Waals surface area contributed by atoms with Crippen molar-refractivity contribution in [3.63, 3.8) is 0 Å². The molecule has 2 aliphatic rings. The molecule has 2 aliphatic carbocycles. The number of aryl methyl sites for hydroxylation is 2. The first-order valence-corrected chi connectivity index (χ1v) is 24.3. The van der Waals surface area contributed by atoms with E-state index in [9.17, 15) is 67.6 Å². The summed E-state index contributed by atoms with van der Waals surface area (Å²) in [6, 6.07) is 37.9. The van der Waals surface area contributed by atoms with Crippen molar-refractivity contribution in [2.75, 3.05) is 0 Å². The molecule has 24 heteroatoms. The van der Waals surface area contributed by atoms with Crippen LogP contribution in [0.25, 0.3) is 17.7 Å². The van der Waals surface area contributed by atoms with Crippen LogP contribution < -0.4 is 118 Å². The summed E-state index contributed by atoms with van der Waals surface area (Å²) in [6.45, 7) is 2.88. The van der Waals surface area contributed by atoms with Gasteiger partial charge in [0.05, 0.1) is 9.81 Å². The summed E-state index contributed by atoms with van der Waals surface area (Å²) < 4.78 is 154. The zero-order chi connectivity index (χ0) is 46.8. The van der Waals surface area contributed by atoms with Crippen molar-refractivity contribution in [2.24, 2.45) is 0 Å². The van der Waals surface area contributed by atoms with Gasteiger partial charge in [0, 0.05) is 17.0 Å². The van der Waals surface area contributed by atoms with Gasteiger partial charge < -0.3 is 34.0 Å². The third-order valence-corrected chi connectivity index (χ3v) is 16.6. The van der Waals surface area contributed by atoms with Crippen LogP contribution in [0.3, 0.4) is 0 Å². The Kier molecular flexibility index (Phi) is 20.5. The fourth-order valence-electron chi connectivity index (χ4n) is 8.71. The predicted octanol–water partition coefficient (Wildman–Crippen LogP) is -7.38. The number of fused-ring (bicyclic) bond motifs is 2. The van der Waals surface area contributed by atoms with Gasteiger partial charge in [-0.15, -0.1) is 0 Å². The van der Waals surface area contributed by atoms with E-state index >= 15 is 0 Å². The van der Waals surface area contributed by atoms with Crippen LogP contribution in [0.1, 0.15) is 69.8 Å². The first-order valence-electron chi connectivity index (χ1n) is 18.7. The molecule has 0 amide bonds. The average Bonchev–Trinajstić information content (AvgIpc) is 3.17. The second-order valence-corrected chi connectivity index (χ2v) is 21.0. The van der Waals surface area contributed by atoms with Gasteiger partial charge in [0.2, 0.25) is 0 Å². The van der Waals surface area contributed by atoms with E-state index in [-0.39, 0.29) is 143 Å². The molecule has 67 heavy (non-hydrogen) atoms. The number of rotatable bonds is 9. The average molecular weight is 1030 g/mol. The smallest absolute Gasteiger partial charge is 0.744 e. The van der Waals surface area contributed by atoms with Crippen LogP contribution in [0.4, 0.5) is 0 Å². The Hall–Kier alpha value is -1.26. The summed E-state index contributed by atoms with van der Waals surface area (Å²) in [5, 5.41) is 23.5. The minimum absolute atomic E-state index is 0. The molecule has 0 aromatic heterocycles. The molecule has 0 fully saturated rings. The number of hydrogen-bond acceptors (Lipinski definition) is 14. The van der Waals surface area contributed by atoms with Crippen molar-refractivity contribution in [1.82, 2.24) is 0 Å². The molecule has 332 valence electrons. The normalized spacial score (nSPS) is 22.2. The Balaban J connectivity index is 0.000000562. The zero-order valence-corrected chi connectivity index (χ0v) is 48.9. The van der Waals surface area contributed by atoms with E-state index in [4.69, 9.17) is 0 Å². The van der Waals surface area contributed by atoms with Crippen LogP contribution >= 0.6 is 0 Å². The molecule has 2 N–H and O–H groups in total. The molecular weight excluding hydrogens is 989 g/mol. The summed E-state index contributed by atoms with van der Waals surface area (Å²) in [5.74, 6) is 0.309. The van der Waals surface area contributed by atoms with Gasteiger partial charge in [-0.05, 0) is 78.8 Å². The standard InChI is InChI=1S/C24H26N2O14S4.C19H16.4Na/c1-13-7-5-9-17-15(13)11-19(41(29,30)31)21(3,27)23(17,43(35,36)37)26(25)24(44(38,39)40)18-10-6-8-14(2)16(18)12-20(22(24,4)28)42(32,33)34;1-4-10-16(11-5-1)19(17-12-6-2-7-13-17)18-14-8-3-9-15-18;;;;/h5-12,27-28H,1-4H3,(H,29,30,31)(H,32,33,34)(H,35,36,37)(H,38,39,40);1-15,19H;;;;/q;;4*+1/p-4. The van der Waals surface area contributed by atoms with Crippen molar-refractivity contribution in [3.05, 3.63) is 193 Å². The molecule has 7 rings (SSSR count). The maximum Gasteiger partial charge on any atom is 1.00 e. The van der Waals surface area contributed by atoms with E-state index in [1.807, 2.05) is 0 Å². The van der Waals surface area contributed by atoms with Crippen molar-refractivity contribution in [1.29, 1.82) is 0 Å². The van der Waals surface area contributed by atoms with E-state index < -0.39 is 98.2 Å². The van der Waals surface area contributed by atoms with Crippen LogP contribution in [0.5, 0.6) is 0 Å². The predicted molar refractivity (Wildman–Crippen MR) is 226 cm³/mol. The molecule has 16 nitrogen and oxygen atoms in total. The number of benzene rings is 5. The first kappa shape index (κ1) is 61.9. The van der Waals surface area contributed by atoms with E-state index in [2.05, 4.69) is 91.0 Å². The minimum Gasteiger partial charge on any atom is -0.744 e. The van der Waals surface area contributed by atoms with Crippen LogP contribution in [-0.4, -0.2) is 78.0 Å². The molecule has 0 bridgehead atoms. The van der Waals surface area contributed by atoms with Crippen molar-refractivity contribution < 1.29 is 185 Å². The van der Waals surface area contributed by atoms with Gasteiger partial charge in [0.15, 0.2) is 31.4 Å². The van der Waals surface area contributed by atoms with Gasteiger partial charge in [-0.1, -0.05) is 127 Å². The van der Waals surface area contributed by atoms with Crippen LogP contribution in [0.2, 0.25) is 0 Å². The maximum absolute atomic E-state index is 13.5. The molecule has 5 aromatic carbocycles. The second-order valence-electron chi connectivity index (χ2n) is 15.3. The summed E-state index contributed by atoms with van der Waals surface area (Å²) in [4.78, 5) is -12.5. The molecule has 0 saturated carbocycles. The zero-order valence-electron chi connectivity index (χ0n) is 37.7. The monoisotopic (exact) mass is 1030 g/mol. The molecule has 0 saturated heterocycles.